The number of ether oxygens (including phenoxy) is 1. The largest absolute Gasteiger partial charge is 0.345 e. The highest BCUT2D eigenvalue weighted by atomic mass is 19.3. The monoisotopic (exact) mass is 400 g/mol. The first kappa shape index (κ1) is 19.4. The number of nitrogens with one attached hydrogen (secondary N) is 1. The number of rotatable bonds is 5. The predicted octanol–water partition coefficient (Wildman–Crippen LogP) is 1.17. The molecule has 0 amide bonds. The van der Waals surface area contributed by atoms with Crippen LogP contribution in [0.25, 0.3) is 6.08 Å². The van der Waals surface area contributed by atoms with Crippen LogP contribution in [0.2, 0.25) is 0 Å². The normalized spacial score (nSPS) is 30.6. The molecule has 1 saturated carbocycles. The fourth-order valence-electron chi connectivity index (χ4n) is 4.60. The predicted molar refractivity (Wildman–Crippen MR) is 95.9 cm³/mol. The molecule has 0 bridgehead atoms. The number of alkyl halides is 2. The lowest BCUT2D eigenvalue weighted by Crippen LogP contribution is -2.45. The van der Waals surface area contributed by atoms with Crippen LogP contribution in [0, 0.1) is 5.92 Å². The summed E-state index contributed by atoms with van der Waals surface area (Å²) in [5.41, 5.74) is 5.25. The van der Waals surface area contributed by atoms with Crippen molar-refractivity contribution >= 4 is 6.08 Å². The molecule has 1 saturated heterocycles. The van der Waals surface area contributed by atoms with E-state index in [-0.39, 0.29) is 30.6 Å². The summed E-state index contributed by atoms with van der Waals surface area (Å²) in [4.78, 5) is 28.6. The highest BCUT2D eigenvalue weighted by Crippen LogP contribution is 2.42. The highest BCUT2D eigenvalue weighted by Gasteiger charge is 2.44. The zero-order valence-corrected chi connectivity index (χ0v) is 15.4. The molecule has 4 rings (SSSR count). The van der Waals surface area contributed by atoms with Gasteiger partial charge in [0.2, 0.25) is 0 Å². The third-order valence-electron chi connectivity index (χ3n) is 5.98. The molecule has 3 aliphatic rings. The van der Waals surface area contributed by atoms with Gasteiger partial charge >= 0.3 is 12.3 Å². The number of hydrogen-bond acceptors (Lipinski definition) is 5. The Bertz CT molecular complexity index is 908. The molecule has 28 heavy (non-hydrogen) atoms. The summed E-state index contributed by atoms with van der Waals surface area (Å²) in [7, 11) is 0. The van der Waals surface area contributed by atoms with Crippen molar-refractivity contribution in [3.8, 4) is 0 Å². The lowest BCUT2D eigenvalue weighted by atomic mass is 9.87. The van der Waals surface area contributed by atoms with Gasteiger partial charge in [0.15, 0.2) is 0 Å². The van der Waals surface area contributed by atoms with Crippen LogP contribution in [0.1, 0.15) is 43.0 Å². The zero-order chi connectivity index (χ0) is 20.2. The Hall–Kier alpha value is -1.91. The molecule has 1 aliphatic heterocycles. The van der Waals surface area contributed by atoms with Gasteiger partial charge in [0, 0.05) is 36.7 Å². The van der Waals surface area contributed by atoms with E-state index in [2.05, 4.69) is 9.72 Å². The van der Waals surface area contributed by atoms with Crippen molar-refractivity contribution in [2.24, 2.45) is 11.7 Å². The molecule has 2 heterocycles. The van der Waals surface area contributed by atoms with Crippen LogP contribution in [-0.4, -0.2) is 52.8 Å². The quantitative estimate of drug-likeness (QED) is 0.774. The average Bonchev–Trinajstić information content (AvgIpc) is 3.37. The van der Waals surface area contributed by atoms with Crippen LogP contribution < -0.4 is 17.0 Å². The van der Waals surface area contributed by atoms with Crippen molar-refractivity contribution in [1.82, 2.24) is 14.5 Å². The van der Waals surface area contributed by atoms with E-state index in [4.69, 9.17) is 5.73 Å². The van der Waals surface area contributed by atoms with Crippen molar-refractivity contribution in [3.05, 3.63) is 37.9 Å². The molecular weight excluding hydrogens is 377 g/mol. The third kappa shape index (κ3) is 3.23. The Balaban J connectivity index is 1.71. The first-order chi connectivity index (χ1) is 13.3. The molecule has 7 nitrogen and oxygen atoms in total. The van der Waals surface area contributed by atoms with Crippen molar-refractivity contribution in [2.75, 3.05) is 19.6 Å². The van der Waals surface area contributed by atoms with Gasteiger partial charge in [-0.3, -0.25) is 19.2 Å². The van der Waals surface area contributed by atoms with Gasteiger partial charge < -0.3 is 10.5 Å². The summed E-state index contributed by atoms with van der Waals surface area (Å²) in [5.74, 6) is -1.38. The molecule has 0 radical (unpaired) electrons. The smallest absolute Gasteiger partial charge is 0.330 e. The topological polar surface area (TPSA) is 93.4 Å². The number of H-pyrrole nitrogens is 1. The Morgan fingerprint density at radius 3 is 2.64 bits per heavy atom. The van der Waals surface area contributed by atoms with Gasteiger partial charge in [0.05, 0.1) is 17.7 Å². The molecule has 154 valence electrons. The number of likely N-dealkylation sites (tertiary alicyclic amines) is 1. The van der Waals surface area contributed by atoms with Gasteiger partial charge in [-0.2, -0.15) is 8.78 Å². The van der Waals surface area contributed by atoms with Crippen molar-refractivity contribution in [2.45, 2.75) is 50.5 Å². The summed E-state index contributed by atoms with van der Waals surface area (Å²) in [6.45, 7) is -0.622. The van der Waals surface area contributed by atoms with Crippen molar-refractivity contribution < 1.29 is 17.9 Å². The molecule has 4 unspecified atom stereocenters. The first-order valence-electron chi connectivity index (χ1n) is 9.45. The maximum atomic E-state index is 15.0. The second kappa shape index (κ2) is 7.16. The Morgan fingerprint density at radius 1 is 1.32 bits per heavy atom. The van der Waals surface area contributed by atoms with Gasteiger partial charge in [-0.1, -0.05) is 6.92 Å². The maximum Gasteiger partial charge on any atom is 0.345 e. The van der Waals surface area contributed by atoms with E-state index < -0.39 is 41.8 Å². The van der Waals surface area contributed by atoms with E-state index in [9.17, 15) is 18.4 Å². The molecule has 2 aliphatic carbocycles. The SMILES string of the molecule is CC1c2c(c(=O)[nH]c(=O)n2C2CC2)C=C(F)C1N1CC(CN)C(OC(F)F)C1. The summed E-state index contributed by atoms with van der Waals surface area (Å²) in [6.07, 6.45) is 2.02. The molecular formula is C18H23F3N4O3. The minimum Gasteiger partial charge on any atom is -0.330 e. The highest BCUT2D eigenvalue weighted by molar-refractivity contribution is 5.59. The number of aromatic nitrogens is 2. The zero-order valence-electron chi connectivity index (χ0n) is 15.4. The first-order valence-corrected chi connectivity index (χ1v) is 9.45. The van der Waals surface area contributed by atoms with E-state index in [1.54, 1.807) is 16.4 Å². The average molecular weight is 400 g/mol. The molecule has 1 aromatic heterocycles. The summed E-state index contributed by atoms with van der Waals surface area (Å²) >= 11 is 0. The van der Waals surface area contributed by atoms with Gasteiger partial charge in [0.1, 0.15) is 5.83 Å². The fourth-order valence-corrected chi connectivity index (χ4v) is 4.60. The van der Waals surface area contributed by atoms with E-state index in [1.165, 1.54) is 0 Å². The fraction of sp³-hybridized carbons (Fsp3) is 0.667. The Morgan fingerprint density at radius 2 is 2.04 bits per heavy atom. The van der Waals surface area contributed by atoms with Crippen LogP contribution in [0.15, 0.2) is 15.4 Å². The lowest BCUT2D eigenvalue weighted by Gasteiger charge is -2.36. The van der Waals surface area contributed by atoms with Crippen LogP contribution in [0.5, 0.6) is 0 Å². The van der Waals surface area contributed by atoms with Gasteiger partial charge in [0.25, 0.3) is 5.56 Å². The second-order valence-corrected chi connectivity index (χ2v) is 7.81. The maximum absolute atomic E-state index is 15.0. The molecule has 1 aromatic rings. The molecule has 2 fully saturated rings. The van der Waals surface area contributed by atoms with Crippen LogP contribution in [-0.2, 0) is 4.74 Å². The summed E-state index contributed by atoms with van der Waals surface area (Å²) in [6, 6.07) is -0.764. The van der Waals surface area contributed by atoms with Crippen LogP contribution >= 0.6 is 0 Å². The molecule has 0 aromatic carbocycles. The lowest BCUT2D eigenvalue weighted by molar-refractivity contribution is -0.167. The summed E-state index contributed by atoms with van der Waals surface area (Å²) in [5, 5.41) is 0. The molecule has 10 heteroatoms. The third-order valence-corrected chi connectivity index (χ3v) is 5.98. The van der Waals surface area contributed by atoms with E-state index >= 15 is 4.39 Å². The number of nitrogens with zero attached hydrogens (tertiary/aromatic N) is 2. The van der Waals surface area contributed by atoms with E-state index in [0.29, 0.717) is 12.2 Å². The van der Waals surface area contributed by atoms with E-state index in [1.807, 2.05) is 0 Å². The van der Waals surface area contributed by atoms with Gasteiger partial charge in [-0.15, -0.1) is 0 Å². The van der Waals surface area contributed by atoms with Gasteiger partial charge in [-0.25, -0.2) is 9.18 Å². The summed E-state index contributed by atoms with van der Waals surface area (Å²) < 4.78 is 46.7. The standard InChI is InChI=1S/C18H23F3N4O3/c1-8-14-11(16(26)23-18(27)25(14)10-2-3-10)4-12(19)15(8)24-6-9(5-22)13(7-24)28-17(20)21/h4,8-10,13,15,17H,2-3,5-7,22H2,1H3,(H,23,26,27). The number of halogens is 3. The Kier molecular flexibility index (Phi) is 4.96. The number of fused-ring (bicyclic) bond motifs is 1. The number of nitrogens with two attached hydrogens (primary N) is 1. The van der Waals surface area contributed by atoms with Crippen molar-refractivity contribution in [3.63, 3.8) is 0 Å². The van der Waals surface area contributed by atoms with Crippen LogP contribution in [0.3, 0.4) is 0 Å². The minimum absolute atomic E-state index is 0.000968. The second-order valence-electron chi connectivity index (χ2n) is 7.81. The van der Waals surface area contributed by atoms with Crippen LogP contribution in [0.4, 0.5) is 13.2 Å². The molecule has 3 N–H and O–H groups in total. The Labute approximate surface area is 159 Å². The minimum atomic E-state index is -2.93. The molecule has 0 spiro atoms. The van der Waals surface area contributed by atoms with Crippen molar-refractivity contribution in [1.29, 1.82) is 0 Å². The number of aromatic amines is 1. The van der Waals surface area contributed by atoms with E-state index in [0.717, 1.165) is 18.9 Å². The van der Waals surface area contributed by atoms with Gasteiger partial charge in [-0.05, 0) is 25.5 Å². The molecule has 4 atom stereocenters. The number of hydrogen-bond donors (Lipinski definition) is 2.